The Hall–Kier alpha value is -1.67. The summed E-state index contributed by atoms with van der Waals surface area (Å²) in [6.45, 7) is 11.5. The molecule has 0 spiro atoms. The van der Waals surface area contributed by atoms with Crippen molar-refractivity contribution in [2.24, 2.45) is 5.41 Å². The Morgan fingerprint density at radius 1 is 0.885 bits per heavy atom. The van der Waals surface area contributed by atoms with Gasteiger partial charge in [0.25, 0.3) is 0 Å². The quantitative estimate of drug-likeness (QED) is 0.710. The van der Waals surface area contributed by atoms with E-state index in [0.29, 0.717) is 58.9 Å². The largest absolute Gasteiger partial charge is 0.379 e. The SMILES string of the molecule is CC(C)(C)C(=O)NCCC(=O)N1CCN(C(=O)CN2CCOCC2)CC1. The van der Waals surface area contributed by atoms with E-state index in [1.165, 1.54) is 0 Å². The van der Waals surface area contributed by atoms with Crippen molar-refractivity contribution in [1.82, 2.24) is 20.0 Å². The van der Waals surface area contributed by atoms with Crippen LogP contribution >= 0.6 is 0 Å². The molecule has 2 aliphatic rings. The van der Waals surface area contributed by atoms with Crippen LogP contribution in [-0.2, 0) is 19.1 Å². The van der Waals surface area contributed by atoms with Gasteiger partial charge in [-0.3, -0.25) is 19.3 Å². The number of hydrogen-bond donors (Lipinski definition) is 1. The highest BCUT2D eigenvalue weighted by Gasteiger charge is 2.26. The monoisotopic (exact) mass is 368 g/mol. The summed E-state index contributed by atoms with van der Waals surface area (Å²) in [4.78, 5) is 42.2. The fraction of sp³-hybridized carbons (Fsp3) is 0.833. The molecule has 8 heteroatoms. The number of rotatable bonds is 5. The van der Waals surface area contributed by atoms with Crippen LogP contribution in [0.2, 0.25) is 0 Å². The van der Waals surface area contributed by atoms with Crippen LogP contribution in [0.4, 0.5) is 0 Å². The zero-order chi connectivity index (χ0) is 19.2. The van der Waals surface area contributed by atoms with Gasteiger partial charge in [-0.15, -0.1) is 0 Å². The number of carbonyl (C=O) groups excluding carboxylic acids is 3. The van der Waals surface area contributed by atoms with Crippen LogP contribution in [-0.4, -0.2) is 98.0 Å². The number of carbonyl (C=O) groups is 3. The van der Waals surface area contributed by atoms with Crippen molar-refractivity contribution >= 4 is 17.7 Å². The van der Waals surface area contributed by atoms with Crippen LogP contribution in [0, 0.1) is 5.41 Å². The molecule has 0 radical (unpaired) electrons. The fourth-order valence-electron chi connectivity index (χ4n) is 2.96. The third-order valence-corrected chi connectivity index (χ3v) is 4.75. The second-order valence-corrected chi connectivity index (χ2v) is 7.91. The van der Waals surface area contributed by atoms with Crippen molar-refractivity contribution in [2.45, 2.75) is 27.2 Å². The van der Waals surface area contributed by atoms with Gasteiger partial charge >= 0.3 is 0 Å². The molecule has 0 aromatic rings. The number of nitrogens with zero attached hydrogens (tertiary/aromatic N) is 3. The van der Waals surface area contributed by atoms with Crippen molar-refractivity contribution in [1.29, 1.82) is 0 Å². The van der Waals surface area contributed by atoms with Crippen molar-refractivity contribution < 1.29 is 19.1 Å². The van der Waals surface area contributed by atoms with Crippen LogP contribution in [0.15, 0.2) is 0 Å². The second-order valence-electron chi connectivity index (χ2n) is 7.91. The summed E-state index contributed by atoms with van der Waals surface area (Å²) in [7, 11) is 0. The van der Waals surface area contributed by atoms with Crippen LogP contribution in [0.5, 0.6) is 0 Å². The minimum absolute atomic E-state index is 0.0273. The van der Waals surface area contributed by atoms with Crippen LogP contribution in [0.25, 0.3) is 0 Å². The summed E-state index contributed by atoms with van der Waals surface area (Å²) in [5, 5.41) is 2.80. The van der Waals surface area contributed by atoms with E-state index in [4.69, 9.17) is 4.74 Å². The molecule has 0 bridgehead atoms. The van der Waals surface area contributed by atoms with E-state index < -0.39 is 5.41 Å². The summed E-state index contributed by atoms with van der Waals surface area (Å²) in [6, 6.07) is 0. The first-order valence-corrected chi connectivity index (χ1v) is 9.41. The number of nitrogens with one attached hydrogen (secondary N) is 1. The zero-order valence-electron chi connectivity index (χ0n) is 16.3. The summed E-state index contributed by atoms with van der Waals surface area (Å²) in [5.41, 5.74) is -0.449. The third kappa shape index (κ3) is 6.25. The molecular weight excluding hydrogens is 336 g/mol. The van der Waals surface area contributed by atoms with E-state index in [9.17, 15) is 14.4 Å². The molecule has 3 amide bonds. The van der Waals surface area contributed by atoms with Crippen LogP contribution in [0.1, 0.15) is 27.2 Å². The Balaban J connectivity index is 1.66. The van der Waals surface area contributed by atoms with E-state index >= 15 is 0 Å². The lowest BCUT2D eigenvalue weighted by molar-refractivity contribution is -0.141. The molecule has 0 saturated carbocycles. The van der Waals surface area contributed by atoms with Gasteiger partial charge in [-0.25, -0.2) is 0 Å². The highest BCUT2D eigenvalue weighted by atomic mass is 16.5. The second kappa shape index (κ2) is 9.32. The average Bonchev–Trinajstić information content (AvgIpc) is 2.61. The molecule has 0 aromatic carbocycles. The highest BCUT2D eigenvalue weighted by molar-refractivity contribution is 5.82. The van der Waals surface area contributed by atoms with Crippen molar-refractivity contribution in [3.63, 3.8) is 0 Å². The maximum Gasteiger partial charge on any atom is 0.236 e. The van der Waals surface area contributed by atoms with Crippen LogP contribution < -0.4 is 5.32 Å². The third-order valence-electron chi connectivity index (χ3n) is 4.75. The predicted molar refractivity (Wildman–Crippen MR) is 97.5 cm³/mol. The Kier molecular flexibility index (Phi) is 7.40. The zero-order valence-corrected chi connectivity index (χ0v) is 16.3. The van der Waals surface area contributed by atoms with Crippen molar-refractivity contribution in [2.75, 3.05) is 65.6 Å². The van der Waals surface area contributed by atoms with Crippen molar-refractivity contribution in [3.05, 3.63) is 0 Å². The van der Waals surface area contributed by atoms with E-state index in [2.05, 4.69) is 10.2 Å². The number of ether oxygens (including phenoxy) is 1. The Labute approximate surface area is 155 Å². The minimum atomic E-state index is -0.449. The van der Waals surface area contributed by atoms with E-state index in [1.54, 1.807) is 4.90 Å². The topological polar surface area (TPSA) is 82.2 Å². The van der Waals surface area contributed by atoms with E-state index in [0.717, 1.165) is 13.1 Å². The molecular formula is C18H32N4O4. The molecule has 2 heterocycles. The van der Waals surface area contributed by atoms with Gasteiger partial charge in [0.2, 0.25) is 17.7 Å². The fourth-order valence-corrected chi connectivity index (χ4v) is 2.96. The van der Waals surface area contributed by atoms with Crippen LogP contribution in [0.3, 0.4) is 0 Å². The standard InChI is InChI=1S/C18H32N4O4/c1-18(2,3)17(25)19-5-4-15(23)21-6-8-22(9-7-21)16(24)14-20-10-12-26-13-11-20/h4-14H2,1-3H3,(H,19,25). The number of piperazine rings is 1. The molecule has 0 unspecified atom stereocenters. The van der Waals surface area contributed by atoms with Gasteiger partial charge in [0.05, 0.1) is 19.8 Å². The van der Waals surface area contributed by atoms with E-state index in [1.807, 2.05) is 25.7 Å². The molecule has 2 fully saturated rings. The predicted octanol–water partition coefficient (Wildman–Crippen LogP) is -0.458. The Bertz CT molecular complexity index is 504. The highest BCUT2D eigenvalue weighted by Crippen LogP contribution is 2.12. The molecule has 0 aromatic heterocycles. The molecule has 2 rings (SSSR count). The maximum absolute atomic E-state index is 12.4. The molecule has 26 heavy (non-hydrogen) atoms. The van der Waals surface area contributed by atoms with Gasteiger partial charge in [-0.1, -0.05) is 20.8 Å². The van der Waals surface area contributed by atoms with Gasteiger partial charge in [0.15, 0.2) is 0 Å². The Morgan fingerprint density at radius 2 is 1.42 bits per heavy atom. The first-order valence-electron chi connectivity index (χ1n) is 9.41. The molecule has 2 saturated heterocycles. The van der Waals surface area contributed by atoms with Gasteiger partial charge in [-0.05, 0) is 0 Å². The number of morpholine rings is 1. The summed E-state index contributed by atoms with van der Waals surface area (Å²) < 4.78 is 5.30. The minimum Gasteiger partial charge on any atom is -0.379 e. The summed E-state index contributed by atoms with van der Waals surface area (Å²) >= 11 is 0. The molecule has 1 N–H and O–H groups in total. The molecule has 148 valence electrons. The molecule has 2 aliphatic heterocycles. The van der Waals surface area contributed by atoms with E-state index in [-0.39, 0.29) is 17.7 Å². The van der Waals surface area contributed by atoms with Crippen molar-refractivity contribution in [3.8, 4) is 0 Å². The molecule has 0 atom stereocenters. The first-order chi connectivity index (χ1) is 12.3. The lowest BCUT2D eigenvalue weighted by Crippen LogP contribution is -2.53. The van der Waals surface area contributed by atoms with Gasteiger partial charge in [-0.2, -0.15) is 0 Å². The van der Waals surface area contributed by atoms with Gasteiger partial charge < -0.3 is 19.9 Å². The molecule has 8 nitrogen and oxygen atoms in total. The average molecular weight is 368 g/mol. The lowest BCUT2D eigenvalue weighted by atomic mass is 9.96. The van der Waals surface area contributed by atoms with Gasteiger partial charge in [0.1, 0.15) is 0 Å². The Morgan fingerprint density at radius 3 is 1.96 bits per heavy atom. The molecule has 0 aliphatic carbocycles. The lowest BCUT2D eigenvalue weighted by Gasteiger charge is -2.36. The first kappa shape index (κ1) is 20.6. The number of hydrogen-bond acceptors (Lipinski definition) is 5. The summed E-state index contributed by atoms with van der Waals surface area (Å²) in [6.07, 6.45) is 0.295. The summed E-state index contributed by atoms with van der Waals surface area (Å²) in [5.74, 6) is 0.0970. The normalized spacial score (nSPS) is 19.3. The number of amides is 3. The smallest absolute Gasteiger partial charge is 0.236 e. The van der Waals surface area contributed by atoms with Gasteiger partial charge in [0, 0.05) is 57.6 Å². The maximum atomic E-state index is 12.4.